The number of guanidine groups is 1. The molecule has 3 N–H and O–H groups in total. The number of aromatic nitrogens is 2. The van der Waals surface area contributed by atoms with E-state index in [9.17, 15) is 4.79 Å². The molecule has 9 heteroatoms. The summed E-state index contributed by atoms with van der Waals surface area (Å²) in [5, 5.41) is 14.6. The van der Waals surface area contributed by atoms with Crippen molar-refractivity contribution in [3.63, 3.8) is 0 Å². The first-order valence-electron chi connectivity index (χ1n) is 6.29. The van der Waals surface area contributed by atoms with Crippen LogP contribution >= 0.6 is 23.3 Å². The van der Waals surface area contributed by atoms with Gasteiger partial charge < -0.3 is 15.7 Å². The van der Waals surface area contributed by atoms with Gasteiger partial charge in [-0.1, -0.05) is 18.5 Å². The topological polar surface area (TPSA) is 99.5 Å². The van der Waals surface area contributed by atoms with Crippen LogP contribution in [0.5, 0.6) is 0 Å². The van der Waals surface area contributed by atoms with Crippen LogP contribution in [0.4, 0.5) is 5.69 Å². The second kappa shape index (κ2) is 7.19. The summed E-state index contributed by atoms with van der Waals surface area (Å²) in [6, 6.07) is 3.67. The predicted molar refractivity (Wildman–Crippen MR) is 84.3 cm³/mol. The molecule has 0 saturated heterocycles. The van der Waals surface area contributed by atoms with E-state index in [0.717, 1.165) is 35.8 Å². The fourth-order valence-corrected chi connectivity index (χ4v) is 2.29. The number of fused-ring (bicyclic) bond motifs is 1. The molecule has 112 valence electrons. The largest absolute Gasteiger partial charge is 0.481 e. The Hall–Kier alpha value is -1.93. The Morgan fingerprint density at radius 1 is 1.52 bits per heavy atom. The molecule has 0 radical (unpaired) electrons. The zero-order valence-corrected chi connectivity index (χ0v) is 12.8. The molecule has 0 spiro atoms. The molecule has 0 fully saturated rings. The average Bonchev–Trinajstić information content (AvgIpc) is 3.13. The van der Waals surface area contributed by atoms with Crippen LogP contribution in [-0.4, -0.2) is 38.9 Å². The Kier molecular flexibility index (Phi) is 5.29. The highest BCUT2D eigenvalue weighted by atomic mass is 35.5. The normalized spacial score (nSPS) is 13.1. The predicted octanol–water partition coefficient (Wildman–Crippen LogP) is 2.20. The highest BCUT2D eigenvalue weighted by molar-refractivity contribution is 7.00. The van der Waals surface area contributed by atoms with E-state index in [2.05, 4.69) is 24.4 Å². The molecule has 2 aromatic rings. The second-order valence-corrected chi connectivity index (χ2v) is 5.02. The molecule has 21 heavy (non-hydrogen) atoms. The number of nitrogens with one attached hydrogen (secondary N) is 2. The van der Waals surface area contributed by atoms with E-state index < -0.39 is 5.97 Å². The van der Waals surface area contributed by atoms with E-state index in [1.54, 1.807) is 6.92 Å². The number of halogens is 1. The van der Waals surface area contributed by atoms with Crippen LogP contribution in [0.1, 0.15) is 13.3 Å². The van der Waals surface area contributed by atoms with Gasteiger partial charge in [0.15, 0.2) is 5.96 Å². The van der Waals surface area contributed by atoms with Gasteiger partial charge in [0, 0.05) is 13.0 Å². The molecule has 0 amide bonds. The molecule has 0 unspecified atom stereocenters. The van der Waals surface area contributed by atoms with Crippen LogP contribution in [0.3, 0.4) is 0 Å². The fraction of sp³-hybridized carbons (Fsp3) is 0.333. The Morgan fingerprint density at radius 2 is 2.29 bits per heavy atom. The molecule has 0 saturated carbocycles. The van der Waals surface area contributed by atoms with Crippen LogP contribution in [0.25, 0.3) is 11.0 Å². The Balaban J connectivity index is 0.000000282. The van der Waals surface area contributed by atoms with E-state index in [0.29, 0.717) is 5.02 Å². The first kappa shape index (κ1) is 15.5. The highest BCUT2D eigenvalue weighted by Gasteiger charge is 2.13. The highest BCUT2D eigenvalue weighted by Crippen LogP contribution is 2.29. The second-order valence-electron chi connectivity index (χ2n) is 4.08. The van der Waals surface area contributed by atoms with E-state index in [-0.39, 0.29) is 6.42 Å². The molecule has 2 heterocycles. The van der Waals surface area contributed by atoms with E-state index in [4.69, 9.17) is 16.7 Å². The number of carbonyl (C=O) groups is 1. The molecule has 0 aliphatic carbocycles. The van der Waals surface area contributed by atoms with Crippen molar-refractivity contribution >= 4 is 52.0 Å². The minimum absolute atomic E-state index is 0.222. The van der Waals surface area contributed by atoms with E-state index >= 15 is 0 Å². The lowest BCUT2D eigenvalue weighted by molar-refractivity contribution is -0.136. The van der Waals surface area contributed by atoms with Crippen LogP contribution in [0.15, 0.2) is 17.1 Å². The first-order valence-corrected chi connectivity index (χ1v) is 7.40. The smallest absolute Gasteiger partial charge is 0.303 e. The number of aliphatic carboxylic acids is 1. The Bertz CT molecular complexity index is 673. The van der Waals surface area contributed by atoms with Crippen molar-refractivity contribution in [3.8, 4) is 0 Å². The zero-order chi connectivity index (χ0) is 15.2. The molecule has 3 rings (SSSR count). The van der Waals surface area contributed by atoms with Gasteiger partial charge in [0.1, 0.15) is 11.0 Å². The summed E-state index contributed by atoms with van der Waals surface area (Å²) < 4.78 is 8.39. The third-order valence-electron chi connectivity index (χ3n) is 2.60. The van der Waals surface area contributed by atoms with Crippen LogP contribution in [-0.2, 0) is 4.79 Å². The number of rotatable bonds is 2. The minimum Gasteiger partial charge on any atom is -0.481 e. The lowest BCUT2D eigenvalue weighted by atomic mass is 10.2. The van der Waals surface area contributed by atoms with Crippen molar-refractivity contribution in [1.82, 2.24) is 14.1 Å². The number of carboxylic acids is 1. The van der Waals surface area contributed by atoms with Crippen LogP contribution < -0.4 is 10.6 Å². The molecule has 7 nitrogen and oxygen atoms in total. The Labute approximate surface area is 130 Å². The van der Waals surface area contributed by atoms with Crippen LogP contribution in [0.2, 0.25) is 5.02 Å². The maximum absolute atomic E-state index is 9.37. The number of nitrogens with zero attached hydrogens (tertiary/aromatic N) is 3. The number of hydrogen-bond donors (Lipinski definition) is 3. The summed E-state index contributed by atoms with van der Waals surface area (Å²) in [7, 11) is 0. The van der Waals surface area contributed by atoms with Crippen molar-refractivity contribution in [1.29, 1.82) is 0 Å². The Morgan fingerprint density at radius 3 is 2.90 bits per heavy atom. The van der Waals surface area contributed by atoms with Gasteiger partial charge in [-0.3, -0.25) is 9.79 Å². The van der Waals surface area contributed by atoms with Crippen LogP contribution in [0, 0.1) is 0 Å². The average molecular weight is 328 g/mol. The molecule has 1 aromatic carbocycles. The SMILES string of the molecule is CCC(=O)O.Clc1ccc2nsnc2c1NC1=NCCN1. The molecular formula is C12H14ClN5O2S. The summed E-state index contributed by atoms with van der Waals surface area (Å²) in [6.07, 6.45) is 0.222. The van der Waals surface area contributed by atoms with Crippen molar-refractivity contribution in [3.05, 3.63) is 17.2 Å². The number of carboxylic acid groups (broad SMARTS) is 1. The number of anilines is 1. The fourth-order valence-electron chi connectivity index (χ4n) is 1.55. The molecule has 1 aromatic heterocycles. The van der Waals surface area contributed by atoms with Gasteiger partial charge in [-0.2, -0.15) is 8.75 Å². The third kappa shape index (κ3) is 4.02. The van der Waals surface area contributed by atoms with Gasteiger partial charge in [-0.05, 0) is 12.1 Å². The summed E-state index contributed by atoms with van der Waals surface area (Å²) in [6.45, 7) is 3.23. The van der Waals surface area contributed by atoms with Gasteiger partial charge in [0.05, 0.1) is 29.0 Å². The molecule has 0 bridgehead atoms. The van der Waals surface area contributed by atoms with Gasteiger partial charge in [0.25, 0.3) is 0 Å². The third-order valence-corrected chi connectivity index (χ3v) is 3.45. The standard InChI is InChI=1S/C9H8ClN5S.C3H6O2/c10-5-1-2-6-8(15-16-14-6)7(5)13-9-11-3-4-12-9;1-2-3(4)5/h1-2H,3-4H2,(H2,11,12,13);2H2,1H3,(H,4,5). The van der Waals surface area contributed by atoms with E-state index in [1.807, 2.05) is 12.1 Å². The van der Waals surface area contributed by atoms with Crippen molar-refractivity contribution in [2.75, 3.05) is 18.4 Å². The van der Waals surface area contributed by atoms with Gasteiger partial charge >= 0.3 is 5.97 Å². The van der Waals surface area contributed by atoms with Crippen molar-refractivity contribution in [2.45, 2.75) is 13.3 Å². The number of hydrogen-bond acceptors (Lipinski definition) is 7. The maximum Gasteiger partial charge on any atom is 0.303 e. The van der Waals surface area contributed by atoms with Gasteiger partial charge in [-0.25, -0.2) is 0 Å². The molecular weight excluding hydrogens is 314 g/mol. The molecule has 0 atom stereocenters. The zero-order valence-electron chi connectivity index (χ0n) is 11.3. The van der Waals surface area contributed by atoms with Crippen molar-refractivity contribution < 1.29 is 9.90 Å². The monoisotopic (exact) mass is 327 g/mol. The van der Waals surface area contributed by atoms with Gasteiger partial charge in [-0.15, -0.1) is 0 Å². The molecule has 1 aliphatic rings. The summed E-state index contributed by atoms with van der Waals surface area (Å²) in [4.78, 5) is 13.6. The maximum atomic E-state index is 9.37. The number of aliphatic imine (C=N–C) groups is 1. The first-order chi connectivity index (χ1) is 10.1. The lowest BCUT2D eigenvalue weighted by Crippen LogP contribution is -2.26. The summed E-state index contributed by atoms with van der Waals surface area (Å²) in [5.74, 6) is -0.00704. The summed E-state index contributed by atoms with van der Waals surface area (Å²) >= 11 is 7.30. The molecule has 1 aliphatic heterocycles. The van der Waals surface area contributed by atoms with Gasteiger partial charge in [0.2, 0.25) is 0 Å². The van der Waals surface area contributed by atoms with E-state index in [1.165, 1.54) is 11.7 Å². The quantitative estimate of drug-likeness (QED) is 0.782. The minimum atomic E-state index is -0.745. The number of benzene rings is 1. The summed E-state index contributed by atoms with van der Waals surface area (Å²) in [5.41, 5.74) is 2.39. The lowest BCUT2D eigenvalue weighted by Gasteiger charge is -2.08. The van der Waals surface area contributed by atoms with Crippen molar-refractivity contribution in [2.24, 2.45) is 4.99 Å².